The zero-order valence-electron chi connectivity index (χ0n) is 15.1. The Hall–Kier alpha value is -2.58. The Morgan fingerprint density at radius 3 is 2.59 bits per heavy atom. The molecule has 1 aromatic carbocycles. The molecule has 0 bridgehead atoms. The van der Waals surface area contributed by atoms with Crippen LogP contribution >= 0.6 is 24.8 Å². The molecule has 144 valence electrons. The number of anilines is 1. The van der Waals surface area contributed by atoms with Gasteiger partial charge in [0.15, 0.2) is 5.95 Å². The van der Waals surface area contributed by atoms with Crippen LogP contribution in [0, 0.1) is 13.8 Å². The molecule has 4 rings (SSSR count). The molecule has 0 fully saturated rings. The smallest absolute Gasteiger partial charge is 0.197 e. The van der Waals surface area contributed by atoms with E-state index in [1.54, 1.807) is 10.9 Å². The first-order valence-corrected chi connectivity index (χ1v) is 8.21. The molecule has 0 aliphatic carbocycles. The molecule has 0 saturated heterocycles. The Balaban J connectivity index is 0.00000131. The number of nitrogens with one attached hydrogen (secondary N) is 2. The van der Waals surface area contributed by atoms with Crippen LogP contribution in [-0.2, 0) is 19.4 Å². The Morgan fingerprint density at radius 2 is 1.85 bits per heavy atom. The molecule has 10 heteroatoms. The van der Waals surface area contributed by atoms with E-state index in [1.165, 1.54) is 11.1 Å². The van der Waals surface area contributed by atoms with Gasteiger partial charge < -0.3 is 15.7 Å². The first kappa shape index (κ1) is 20.7. The standard InChI is InChI=1S/C17H20N8.2ClH/c1-10-5-14-15(6-11(10)2)22-16(21-14)9-25-8-13(23-24-25)4-3-12-7-19-17(18)20-12;;/h5-8H,3-4,9H2,1-2H3,(H,21,22)(H3,18,19,20);2*1H. The molecular weight excluding hydrogens is 387 g/mol. The number of nitrogens with zero attached hydrogens (tertiary/aromatic N) is 5. The number of aromatic nitrogens is 7. The van der Waals surface area contributed by atoms with Crippen molar-refractivity contribution < 1.29 is 0 Å². The van der Waals surface area contributed by atoms with E-state index in [4.69, 9.17) is 5.73 Å². The number of aromatic amines is 2. The molecule has 0 aliphatic heterocycles. The van der Waals surface area contributed by atoms with Crippen molar-refractivity contribution in [2.75, 3.05) is 5.73 Å². The summed E-state index contributed by atoms with van der Waals surface area (Å²) in [5.74, 6) is 1.31. The molecule has 4 N–H and O–H groups in total. The van der Waals surface area contributed by atoms with Crippen LogP contribution in [0.1, 0.15) is 28.3 Å². The van der Waals surface area contributed by atoms with E-state index in [1.807, 2.05) is 6.20 Å². The molecule has 0 amide bonds. The molecule has 3 aromatic heterocycles. The molecule has 3 heterocycles. The van der Waals surface area contributed by atoms with Crippen molar-refractivity contribution in [2.45, 2.75) is 33.2 Å². The highest BCUT2D eigenvalue weighted by molar-refractivity contribution is 5.85. The van der Waals surface area contributed by atoms with Gasteiger partial charge in [0.25, 0.3) is 0 Å². The molecule has 0 aliphatic rings. The van der Waals surface area contributed by atoms with Crippen molar-refractivity contribution in [2.24, 2.45) is 0 Å². The number of hydrogen-bond donors (Lipinski definition) is 3. The SMILES string of the molecule is Cc1cc2nc(Cn3cc(CCc4cnc(N)[nH]4)nn3)[nH]c2cc1C.Cl.Cl. The molecule has 0 saturated carbocycles. The normalized spacial score (nSPS) is 10.6. The van der Waals surface area contributed by atoms with Crippen LogP contribution in [0.15, 0.2) is 24.5 Å². The average molecular weight is 409 g/mol. The van der Waals surface area contributed by atoms with Crippen LogP contribution in [0.2, 0.25) is 0 Å². The number of nitrogen functional groups attached to an aromatic ring is 1. The lowest BCUT2D eigenvalue weighted by molar-refractivity contribution is 0.630. The summed E-state index contributed by atoms with van der Waals surface area (Å²) in [6.45, 7) is 4.77. The number of H-pyrrole nitrogens is 2. The van der Waals surface area contributed by atoms with E-state index in [0.717, 1.165) is 41.1 Å². The quantitative estimate of drug-likeness (QED) is 0.469. The highest BCUT2D eigenvalue weighted by Crippen LogP contribution is 2.17. The molecule has 4 aromatic rings. The van der Waals surface area contributed by atoms with Gasteiger partial charge in [-0.1, -0.05) is 5.21 Å². The minimum absolute atomic E-state index is 0. The minimum atomic E-state index is 0. The second-order valence-corrected chi connectivity index (χ2v) is 6.34. The average Bonchev–Trinajstić information content (AvgIpc) is 3.27. The fourth-order valence-electron chi connectivity index (χ4n) is 2.85. The topological polar surface area (TPSA) is 114 Å². The number of nitrogens with two attached hydrogens (primary N) is 1. The maximum absolute atomic E-state index is 5.58. The summed E-state index contributed by atoms with van der Waals surface area (Å²) >= 11 is 0. The molecule has 8 nitrogen and oxygen atoms in total. The van der Waals surface area contributed by atoms with Crippen molar-refractivity contribution in [3.05, 3.63) is 52.9 Å². The van der Waals surface area contributed by atoms with Gasteiger partial charge in [-0.2, -0.15) is 0 Å². The predicted octanol–water partition coefficient (Wildman–Crippen LogP) is 2.75. The van der Waals surface area contributed by atoms with Crippen LogP contribution in [0.25, 0.3) is 11.0 Å². The second-order valence-electron chi connectivity index (χ2n) is 6.34. The fraction of sp³-hybridized carbons (Fsp3) is 0.294. The maximum atomic E-state index is 5.58. The van der Waals surface area contributed by atoms with Gasteiger partial charge in [0.2, 0.25) is 0 Å². The van der Waals surface area contributed by atoms with Gasteiger partial charge in [0, 0.05) is 11.9 Å². The lowest BCUT2D eigenvalue weighted by atomic mass is 10.1. The summed E-state index contributed by atoms with van der Waals surface area (Å²) in [6, 6.07) is 4.23. The largest absolute Gasteiger partial charge is 0.369 e. The number of imidazole rings is 2. The summed E-state index contributed by atoms with van der Waals surface area (Å²) in [7, 11) is 0. The molecule has 0 atom stereocenters. The predicted molar refractivity (Wildman–Crippen MR) is 110 cm³/mol. The van der Waals surface area contributed by atoms with Gasteiger partial charge in [-0.25, -0.2) is 14.6 Å². The first-order chi connectivity index (χ1) is 12.1. The van der Waals surface area contributed by atoms with Gasteiger partial charge in [-0.3, -0.25) is 0 Å². The summed E-state index contributed by atoms with van der Waals surface area (Å²) in [5.41, 5.74) is 12.0. The maximum Gasteiger partial charge on any atom is 0.197 e. The number of hydrogen-bond acceptors (Lipinski definition) is 5. The Kier molecular flexibility index (Phi) is 6.45. The lowest BCUT2D eigenvalue weighted by Crippen LogP contribution is -2.02. The third-order valence-electron chi connectivity index (χ3n) is 4.34. The zero-order chi connectivity index (χ0) is 17.4. The summed E-state index contributed by atoms with van der Waals surface area (Å²) in [6.07, 6.45) is 5.27. The highest BCUT2D eigenvalue weighted by Gasteiger charge is 2.08. The summed E-state index contributed by atoms with van der Waals surface area (Å²) in [4.78, 5) is 15.0. The van der Waals surface area contributed by atoms with E-state index in [2.05, 4.69) is 56.2 Å². The van der Waals surface area contributed by atoms with Crippen molar-refractivity contribution in [1.82, 2.24) is 34.9 Å². The second kappa shape index (κ2) is 8.41. The fourth-order valence-corrected chi connectivity index (χ4v) is 2.85. The van der Waals surface area contributed by atoms with Crippen LogP contribution in [0.5, 0.6) is 0 Å². The summed E-state index contributed by atoms with van der Waals surface area (Å²) < 4.78 is 1.80. The van der Waals surface area contributed by atoms with Gasteiger partial charge >= 0.3 is 0 Å². The highest BCUT2D eigenvalue weighted by atomic mass is 35.5. The van der Waals surface area contributed by atoms with Crippen LogP contribution < -0.4 is 5.73 Å². The van der Waals surface area contributed by atoms with Crippen molar-refractivity contribution >= 4 is 41.8 Å². The van der Waals surface area contributed by atoms with E-state index >= 15 is 0 Å². The van der Waals surface area contributed by atoms with E-state index in [9.17, 15) is 0 Å². The van der Waals surface area contributed by atoms with Crippen LogP contribution in [0.3, 0.4) is 0 Å². The van der Waals surface area contributed by atoms with Crippen LogP contribution in [-0.4, -0.2) is 34.9 Å². The van der Waals surface area contributed by atoms with Gasteiger partial charge in [0.05, 0.1) is 22.9 Å². The molecule has 0 unspecified atom stereocenters. The lowest BCUT2D eigenvalue weighted by Gasteiger charge is -1.97. The number of benzene rings is 1. The van der Waals surface area contributed by atoms with Gasteiger partial charge in [-0.05, 0) is 49.9 Å². The zero-order valence-corrected chi connectivity index (χ0v) is 16.7. The summed E-state index contributed by atoms with van der Waals surface area (Å²) in [5, 5.41) is 8.41. The van der Waals surface area contributed by atoms with Gasteiger partial charge in [-0.15, -0.1) is 29.9 Å². The monoisotopic (exact) mass is 408 g/mol. The van der Waals surface area contributed by atoms with E-state index < -0.39 is 0 Å². The van der Waals surface area contributed by atoms with Crippen molar-refractivity contribution in [3.8, 4) is 0 Å². The molecular formula is C17H22Cl2N8. The third-order valence-corrected chi connectivity index (χ3v) is 4.34. The Morgan fingerprint density at radius 1 is 1.07 bits per heavy atom. The first-order valence-electron chi connectivity index (χ1n) is 8.21. The Bertz CT molecular complexity index is 994. The van der Waals surface area contributed by atoms with Gasteiger partial charge in [0.1, 0.15) is 12.4 Å². The number of fused-ring (bicyclic) bond motifs is 1. The molecule has 0 radical (unpaired) electrons. The number of aryl methyl sites for hydroxylation is 4. The minimum Gasteiger partial charge on any atom is -0.369 e. The molecule has 27 heavy (non-hydrogen) atoms. The third kappa shape index (κ3) is 4.58. The van der Waals surface area contributed by atoms with E-state index in [0.29, 0.717) is 12.5 Å². The number of halogens is 2. The van der Waals surface area contributed by atoms with Crippen molar-refractivity contribution in [3.63, 3.8) is 0 Å². The van der Waals surface area contributed by atoms with E-state index in [-0.39, 0.29) is 24.8 Å². The molecule has 0 spiro atoms. The van der Waals surface area contributed by atoms with Crippen LogP contribution in [0.4, 0.5) is 5.95 Å². The Labute approximate surface area is 168 Å². The number of rotatable bonds is 5. The van der Waals surface area contributed by atoms with Crippen molar-refractivity contribution in [1.29, 1.82) is 0 Å².